The summed E-state index contributed by atoms with van der Waals surface area (Å²) in [5.74, 6) is -1.22. The second kappa shape index (κ2) is 7.94. The van der Waals surface area contributed by atoms with Crippen molar-refractivity contribution in [3.05, 3.63) is 71.7 Å². The number of benzene rings is 2. The van der Waals surface area contributed by atoms with E-state index in [4.69, 9.17) is 5.73 Å². The number of H-pyrrole nitrogens is 1. The molecule has 1 fully saturated rings. The Kier molecular flexibility index (Phi) is 5.36. The Morgan fingerprint density at radius 3 is 2.76 bits per heavy atom. The number of aliphatic carboxylic acids is 1. The number of nitrogens with two attached hydrogens (primary N) is 1. The van der Waals surface area contributed by atoms with Gasteiger partial charge in [-0.1, -0.05) is 43.3 Å². The first-order valence-electron chi connectivity index (χ1n) is 9.78. The molecule has 5 atom stereocenters. The van der Waals surface area contributed by atoms with Crippen molar-refractivity contribution in [1.82, 2.24) is 15.4 Å². The van der Waals surface area contributed by atoms with Crippen LogP contribution in [0.15, 0.2) is 54.7 Å². The van der Waals surface area contributed by atoms with Crippen LogP contribution in [0.1, 0.15) is 30.4 Å². The molecule has 2 heterocycles. The predicted molar refractivity (Wildman–Crippen MR) is 110 cm³/mol. The molecular weight excluding hydrogens is 371 g/mol. The Bertz CT molecular complexity index is 1020. The summed E-state index contributed by atoms with van der Waals surface area (Å²) < 4.78 is 14.0. The number of hydrogen-bond acceptors (Lipinski definition) is 4. The molecule has 1 aliphatic rings. The second-order valence-corrected chi connectivity index (χ2v) is 7.72. The average Bonchev–Trinajstić information content (AvgIpc) is 3.20. The summed E-state index contributed by atoms with van der Waals surface area (Å²) in [5.41, 5.74) is 12.1. The van der Waals surface area contributed by atoms with Gasteiger partial charge < -0.3 is 15.8 Å². The highest BCUT2D eigenvalue weighted by Crippen LogP contribution is 2.32. The summed E-state index contributed by atoms with van der Waals surface area (Å²) in [6.07, 6.45) is 2.55. The van der Waals surface area contributed by atoms with E-state index in [-0.39, 0.29) is 17.8 Å². The summed E-state index contributed by atoms with van der Waals surface area (Å²) >= 11 is 0. The zero-order valence-electron chi connectivity index (χ0n) is 16.2. The van der Waals surface area contributed by atoms with E-state index in [0.29, 0.717) is 18.4 Å². The van der Waals surface area contributed by atoms with Crippen LogP contribution >= 0.6 is 0 Å². The molecule has 0 aliphatic carbocycles. The average molecular weight is 396 g/mol. The lowest BCUT2D eigenvalue weighted by molar-refractivity contribution is -0.137. The molecule has 0 amide bonds. The van der Waals surface area contributed by atoms with E-state index in [2.05, 4.69) is 10.4 Å². The minimum atomic E-state index is -0.878. The normalized spacial score (nSPS) is 23.1. The summed E-state index contributed by atoms with van der Waals surface area (Å²) in [6.45, 7) is 1.92. The first kappa shape index (κ1) is 19.6. The monoisotopic (exact) mass is 396 g/mol. The van der Waals surface area contributed by atoms with Crippen LogP contribution < -0.4 is 11.2 Å². The lowest BCUT2D eigenvalue weighted by Gasteiger charge is -2.20. The molecule has 152 valence electrons. The van der Waals surface area contributed by atoms with Crippen molar-refractivity contribution in [3.8, 4) is 0 Å². The van der Waals surface area contributed by atoms with Crippen molar-refractivity contribution in [2.45, 2.75) is 43.9 Å². The van der Waals surface area contributed by atoms with Crippen LogP contribution in [0.4, 0.5) is 4.39 Å². The molecule has 3 aromatic rings. The number of hydrogen-bond donors (Lipinski definition) is 4. The molecule has 7 heteroatoms. The molecule has 5 N–H and O–H groups in total. The predicted octanol–water partition coefficient (Wildman–Crippen LogP) is 2.97. The first-order chi connectivity index (χ1) is 14.0. The van der Waals surface area contributed by atoms with Gasteiger partial charge in [-0.15, -0.1) is 0 Å². The van der Waals surface area contributed by atoms with E-state index in [1.807, 2.05) is 37.4 Å². The number of carbonyl (C=O) groups is 1. The van der Waals surface area contributed by atoms with E-state index < -0.39 is 18.2 Å². The van der Waals surface area contributed by atoms with Crippen molar-refractivity contribution >= 4 is 16.9 Å². The molecule has 3 unspecified atom stereocenters. The van der Waals surface area contributed by atoms with Crippen molar-refractivity contribution in [3.63, 3.8) is 0 Å². The highest BCUT2D eigenvalue weighted by molar-refractivity contribution is 5.84. The summed E-state index contributed by atoms with van der Waals surface area (Å²) in [5, 5.41) is 12.4. The Morgan fingerprint density at radius 2 is 2.00 bits per heavy atom. The van der Waals surface area contributed by atoms with Gasteiger partial charge in [0.25, 0.3) is 0 Å². The Balaban J connectivity index is 1.41. The van der Waals surface area contributed by atoms with Crippen LogP contribution in [-0.4, -0.2) is 39.3 Å². The van der Waals surface area contributed by atoms with Crippen LogP contribution in [0.5, 0.6) is 0 Å². The molecule has 2 aromatic carbocycles. The Hall–Kier alpha value is -2.74. The van der Waals surface area contributed by atoms with Gasteiger partial charge in [-0.25, -0.2) is 14.8 Å². The van der Waals surface area contributed by atoms with E-state index >= 15 is 0 Å². The molecule has 29 heavy (non-hydrogen) atoms. The van der Waals surface area contributed by atoms with Gasteiger partial charge in [0.2, 0.25) is 0 Å². The number of halogens is 1. The van der Waals surface area contributed by atoms with Crippen LogP contribution in [0.3, 0.4) is 0 Å². The maximum Gasteiger partial charge on any atom is 0.324 e. The smallest absolute Gasteiger partial charge is 0.324 e. The molecule has 1 aromatic heterocycles. The number of carboxylic acid groups (broad SMARTS) is 1. The maximum absolute atomic E-state index is 14.0. The molecule has 4 rings (SSSR count). The van der Waals surface area contributed by atoms with E-state index in [1.165, 1.54) is 6.07 Å². The maximum atomic E-state index is 14.0. The SMILES string of the molecule is CC(CC(N)NN1[C@H](Cc2c[nH]c3ccccc23)[C@@H]1C(=O)O)c1ccccc1F. The lowest BCUT2D eigenvalue weighted by Crippen LogP contribution is -2.43. The molecule has 1 aliphatic heterocycles. The van der Waals surface area contributed by atoms with Gasteiger partial charge in [-0.05, 0) is 42.0 Å². The number of nitrogens with one attached hydrogen (secondary N) is 2. The lowest BCUT2D eigenvalue weighted by atomic mass is 9.96. The third-order valence-electron chi connectivity index (χ3n) is 5.65. The fourth-order valence-corrected chi connectivity index (χ4v) is 4.10. The third-order valence-corrected chi connectivity index (χ3v) is 5.65. The van der Waals surface area contributed by atoms with Gasteiger partial charge >= 0.3 is 5.97 Å². The van der Waals surface area contributed by atoms with Gasteiger partial charge in [-0.3, -0.25) is 4.79 Å². The zero-order chi connectivity index (χ0) is 20.5. The third kappa shape index (κ3) is 4.03. The fourth-order valence-electron chi connectivity index (χ4n) is 4.10. The van der Waals surface area contributed by atoms with Gasteiger partial charge in [-0.2, -0.15) is 0 Å². The Labute approximate surface area is 168 Å². The fraction of sp³-hybridized carbons (Fsp3) is 0.318. The van der Waals surface area contributed by atoms with Crippen molar-refractivity contribution in [2.75, 3.05) is 0 Å². The van der Waals surface area contributed by atoms with Gasteiger partial charge in [0.15, 0.2) is 0 Å². The van der Waals surface area contributed by atoms with Crippen LogP contribution in [-0.2, 0) is 11.2 Å². The largest absolute Gasteiger partial charge is 0.480 e. The molecule has 0 spiro atoms. The standard InChI is InChI=1S/C22H25FN4O2/c1-13(15-6-2-4-8-17(15)23)10-20(24)26-27-19(21(27)22(28)29)11-14-12-25-18-9-5-3-7-16(14)18/h2-9,12-13,19-21,25-26H,10-11,24H2,1H3,(H,28,29)/t13?,19-,20?,21-,27?/m1/s1. The van der Waals surface area contributed by atoms with E-state index in [0.717, 1.165) is 16.5 Å². The quantitative estimate of drug-likeness (QED) is 0.347. The second-order valence-electron chi connectivity index (χ2n) is 7.72. The minimum Gasteiger partial charge on any atom is -0.480 e. The molecular formula is C22H25FN4O2. The Morgan fingerprint density at radius 1 is 1.28 bits per heavy atom. The number of rotatable bonds is 8. The first-order valence-corrected chi connectivity index (χ1v) is 9.78. The van der Waals surface area contributed by atoms with Crippen molar-refractivity contribution in [2.24, 2.45) is 5.73 Å². The number of hydrazine groups is 1. The highest BCUT2D eigenvalue weighted by atomic mass is 19.1. The van der Waals surface area contributed by atoms with E-state index in [9.17, 15) is 14.3 Å². The van der Waals surface area contributed by atoms with Crippen LogP contribution in [0.2, 0.25) is 0 Å². The molecule has 0 saturated carbocycles. The highest BCUT2D eigenvalue weighted by Gasteiger charge is 2.53. The topological polar surface area (TPSA) is 94.1 Å². The van der Waals surface area contributed by atoms with Crippen LogP contribution in [0, 0.1) is 5.82 Å². The zero-order valence-corrected chi connectivity index (χ0v) is 16.2. The van der Waals surface area contributed by atoms with Gasteiger partial charge in [0.1, 0.15) is 11.9 Å². The van der Waals surface area contributed by atoms with E-state index in [1.54, 1.807) is 23.2 Å². The number of carboxylic acids is 1. The number of aromatic amines is 1. The molecule has 1 saturated heterocycles. The molecule has 6 nitrogen and oxygen atoms in total. The van der Waals surface area contributed by atoms with Gasteiger partial charge in [0, 0.05) is 17.1 Å². The number of nitrogens with zero attached hydrogens (tertiary/aromatic N) is 1. The summed E-state index contributed by atoms with van der Waals surface area (Å²) in [4.78, 5) is 14.9. The molecule has 0 bridgehead atoms. The van der Waals surface area contributed by atoms with Crippen molar-refractivity contribution in [1.29, 1.82) is 0 Å². The minimum absolute atomic E-state index is 0.0889. The van der Waals surface area contributed by atoms with Crippen LogP contribution in [0.25, 0.3) is 10.9 Å². The van der Waals surface area contributed by atoms with Crippen molar-refractivity contribution < 1.29 is 14.3 Å². The summed E-state index contributed by atoms with van der Waals surface area (Å²) in [7, 11) is 0. The number of aromatic nitrogens is 1. The number of fused-ring (bicyclic) bond motifs is 1. The molecule has 0 radical (unpaired) electrons. The number of para-hydroxylation sites is 1. The summed E-state index contributed by atoms with van der Waals surface area (Å²) in [6, 6.07) is 13.8. The van der Waals surface area contributed by atoms with Gasteiger partial charge in [0.05, 0.1) is 12.2 Å².